The molecule has 0 saturated carbocycles. The average molecular weight is 408 g/mol. The lowest BCUT2D eigenvalue weighted by Gasteiger charge is -2.15. The first-order chi connectivity index (χ1) is 14.0. The van der Waals surface area contributed by atoms with Crippen LogP contribution in [-0.2, 0) is 10.1 Å². The molecule has 0 aliphatic rings. The SMILES string of the molecule is NN=Nc1c(NNc2ccc3ncccc3c2)cc(S(=O)(=O)O)c2ccccc12. The first-order valence-corrected chi connectivity index (χ1v) is 9.92. The molecule has 0 amide bonds. The van der Waals surface area contributed by atoms with Gasteiger partial charge in [-0.15, -0.1) is 5.11 Å². The summed E-state index contributed by atoms with van der Waals surface area (Å²) < 4.78 is 33.5. The number of nitrogens with one attached hydrogen (secondary N) is 2. The zero-order valence-electron chi connectivity index (χ0n) is 14.9. The van der Waals surface area contributed by atoms with Crippen LogP contribution in [0.25, 0.3) is 21.7 Å². The van der Waals surface area contributed by atoms with E-state index < -0.39 is 10.1 Å². The Hall–Kier alpha value is -3.76. The van der Waals surface area contributed by atoms with Gasteiger partial charge in [0.05, 0.1) is 16.9 Å². The summed E-state index contributed by atoms with van der Waals surface area (Å²) in [7, 11) is -4.47. The molecule has 0 unspecified atom stereocenters. The van der Waals surface area contributed by atoms with Gasteiger partial charge in [0.1, 0.15) is 10.6 Å². The van der Waals surface area contributed by atoms with Gasteiger partial charge in [-0.25, -0.2) is 0 Å². The standard InChI is InChI=1S/C19H16N6O3S/c20-25-24-19-15-6-2-1-5-14(15)18(29(26,27)28)11-17(19)23-22-13-7-8-16-12(10-13)4-3-9-21-16/h1-11,22-23H,(H2,20,24)(H,26,27,28). The molecule has 9 nitrogen and oxygen atoms in total. The van der Waals surface area contributed by atoms with Gasteiger partial charge < -0.3 is 11.3 Å². The van der Waals surface area contributed by atoms with E-state index in [1.54, 1.807) is 30.5 Å². The highest BCUT2D eigenvalue weighted by Crippen LogP contribution is 2.38. The molecule has 0 saturated heterocycles. The molecule has 3 aromatic carbocycles. The number of hydrazine groups is 1. The molecule has 1 heterocycles. The van der Waals surface area contributed by atoms with Crippen LogP contribution in [0, 0.1) is 0 Å². The van der Waals surface area contributed by atoms with Gasteiger partial charge in [-0.2, -0.15) is 8.42 Å². The van der Waals surface area contributed by atoms with Crippen molar-refractivity contribution in [3.8, 4) is 0 Å². The smallest absolute Gasteiger partial charge is 0.295 e. The Morgan fingerprint density at radius 3 is 2.52 bits per heavy atom. The van der Waals surface area contributed by atoms with Crippen molar-refractivity contribution < 1.29 is 13.0 Å². The Morgan fingerprint density at radius 1 is 0.966 bits per heavy atom. The van der Waals surface area contributed by atoms with Crippen LogP contribution in [0.1, 0.15) is 0 Å². The normalized spacial score (nSPS) is 11.9. The predicted octanol–water partition coefficient (Wildman–Crippen LogP) is 4.03. The summed E-state index contributed by atoms with van der Waals surface area (Å²) in [5, 5.41) is 8.97. The fourth-order valence-corrected chi connectivity index (χ4v) is 3.82. The summed E-state index contributed by atoms with van der Waals surface area (Å²) in [5.41, 5.74) is 8.08. The third-order valence-corrected chi connectivity index (χ3v) is 5.25. The lowest BCUT2D eigenvalue weighted by Crippen LogP contribution is -2.10. The van der Waals surface area contributed by atoms with Gasteiger partial charge in [0.2, 0.25) is 0 Å². The van der Waals surface area contributed by atoms with Crippen molar-refractivity contribution in [2.45, 2.75) is 4.90 Å². The second kappa shape index (κ2) is 7.34. The summed E-state index contributed by atoms with van der Waals surface area (Å²) >= 11 is 0. The quantitative estimate of drug-likeness (QED) is 0.169. The van der Waals surface area contributed by atoms with Crippen LogP contribution >= 0.6 is 0 Å². The van der Waals surface area contributed by atoms with Gasteiger partial charge in [0.15, 0.2) is 0 Å². The molecule has 0 fully saturated rings. The number of anilines is 2. The molecule has 0 spiro atoms. The molecule has 4 aromatic rings. The van der Waals surface area contributed by atoms with Crippen molar-refractivity contribution in [2.24, 2.45) is 16.2 Å². The number of benzene rings is 3. The van der Waals surface area contributed by atoms with E-state index in [9.17, 15) is 13.0 Å². The van der Waals surface area contributed by atoms with Crippen LogP contribution in [0.15, 0.2) is 82.1 Å². The van der Waals surface area contributed by atoms with Gasteiger partial charge in [0, 0.05) is 22.4 Å². The summed E-state index contributed by atoms with van der Waals surface area (Å²) in [4.78, 5) is 4.01. The van der Waals surface area contributed by atoms with Gasteiger partial charge in [-0.1, -0.05) is 35.6 Å². The number of rotatable bonds is 5. The van der Waals surface area contributed by atoms with E-state index in [1.165, 1.54) is 6.07 Å². The first-order valence-electron chi connectivity index (χ1n) is 8.48. The fourth-order valence-electron chi connectivity index (χ4n) is 3.09. The highest BCUT2D eigenvalue weighted by molar-refractivity contribution is 7.86. The molecule has 1 aromatic heterocycles. The minimum atomic E-state index is -4.47. The zero-order chi connectivity index (χ0) is 20.4. The summed E-state index contributed by atoms with van der Waals surface area (Å²) in [6, 6.07) is 17.2. The second-order valence-corrected chi connectivity index (χ2v) is 7.56. The van der Waals surface area contributed by atoms with Crippen LogP contribution in [0.5, 0.6) is 0 Å². The maximum atomic E-state index is 11.9. The van der Waals surface area contributed by atoms with E-state index >= 15 is 0 Å². The van der Waals surface area contributed by atoms with Crippen molar-refractivity contribution in [2.75, 3.05) is 10.9 Å². The summed E-state index contributed by atoms with van der Waals surface area (Å²) in [5.74, 6) is 5.25. The minimum Gasteiger partial charge on any atom is -0.305 e. The molecular formula is C19H16N6O3S. The maximum absolute atomic E-state index is 11.9. The number of nitrogens with two attached hydrogens (primary N) is 1. The number of hydrogen-bond acceptors (Lipinski definition) is 7. The molecule has 4 rings (SSSR count). The van der Waals surface area contributed by atoms with E-state index in [0.717, 1.165) is 10.9 Å². The molecule has 0 aliphatic carbocycles. The summed E-state index contributed by atoms with van der Waals surface area (Å²) in [6.07, 6.45) is 1.71. The van der Waals surface area contributed by atoms with Crippen LogP contribution in [0.3, 0.4) is 0 Å². The monoisotopic (exact) mass is 408 g/mol. The Balaban J connectivity index is 1.80. The van der Waals surface area contributed by atoms with Crippen LogP contribution in [-0.4, -0.2) is 18.0 Å². The van der Waals surface area contributed by atoms with E-state index in [0.29, 0.717) is 22.1 Å². The lowest BCUT2D eigenvalue weighted by molar-refractivity contribution is 0.484. The number of nitrogens with zero attached hydrogens (tertiary/aromatic N) is 3. The molecule has 0 radical (unpaired) electrons. The molecule has 10 heteroatoms. The van der Waals surface area contributed by atoms with Crippen molar-refractivity contribution >= 4 is 48.9 Å². The van der Waals surface area contributed by atoms with Crippen LogP contribution in [0.4, 0.5) is 17.1 Å². The molecule has 29 heavy (non-hydrogen) atoms. The largest absolute Gasteiger partial charge is 0.305 e. The third kappa shape index (κ3) is 3.66. The Bertz CT molecular complexity index is 1350. The summed E-state index contributed by atoms with van der Waals surface area (Å²) in [6.45, 7) is 0. The molecule has 146 valence electrons. The number of fused-ring (bicyclic) bond motifs is 2. The topological polar surface area (TPSA) is 142 Å². The van der Waals surface area contributed by atoms with Gasteiger partial charge in [-0.05, 0) is 30.3 Å². The van der Waals surface area contributed by atoms with E-state index in [4.69, 9.17) is 5.84 Å². The Morgan fingerprint density at radius 2 is 1.76 bits per heavy atom. The number of pyridine rings is 1. The van der Waals surface area contributed by atoms with Crippen molar-refractivity contribution in [3.05, 3.63) is 66.9 Å². The first kappa shape index (κ1) is 18.6. The molecule has 0 aliphatic heterocycles. The van der Waals surface area contributed by atoms with Gasteiger partial charge in [0.25, 0.3) is 10.1 Å². The molecule has 0 bridgehead atoms. The molecular weight excluding hydrogens is 392 g/mol. The molecule has 5 N–H and O–H groups in total. The number of hydrogen-bond donors (Lipinski definition) is 4. The highest BCUT2D eigenvalue weighted by atomic mass is 32.2. The fraction of sp³-hybridized carbons (Fsp3) is 0. The molecule has 0 atom stereocenters. The van der Waals surface area contributed by atoms with Crippen LogP contribution < -0.4 is 16.7 Å². The van der Waals surface area contributed by atoms with E-state index in [1.807, 2.05) is 30.3 Å². The Kier molecular flexibility index (Phi) is 4.71. The number of aromatic nitrogens is 1. The van der Waals surface area contributed by atoms with Gasteiger partial charge >= 0.3 is 0 Å². The van der Waals surface area contributed by atoms with E-state index in [2.05, 4.69) is 26.2 Å². The Labute approximate surface area is 166 Å². The predicted molar refractivity (Wildman–Crippen MR) is 111 cm³/mol. The van der Waals surface area contributed by atoms with Crippen molar-refractivity contribution in [3.63, 3.8) is 0 Å². The third-order valence-electron chi connectivity index (χ3n) is 4.36. The highest BCUT2D eigenvalue weighted by Gasteiger charge is 2.19. The minimum absolute atomic E-state index is 0.254. The zero-order valence-corrected chi connectivity index (χ0v) is 15.8. The second-order valence-electron chi connectivity index (χ2n) is 6.17. The van der Waals surface area contributed by atoms with Crippen molar-refractivity contribution in [1.29, 1.82) is 0 Å². The van der Waals surface area contributed by atoms with Crippen LogP contribution in [0.2, 0.25) is 0 Å². The average Bonchev–Trinajstić information content (AvgIpc) is 2.72. The van der Waals surface area contributed by atoms with E-state index in [-0.39, 0.29) is 10.6 Å². The lowest BCUT2D eigenvalue weighted by atomic mass is 10.1. The van der Waals surface area contributed by atoms with Gasteiger partial charge in [-0.3, -0.25) is 15.0 Å². The van der Waals surface area contributed by atoms with Crippen molar-refractivity contribution in [1.82, 2.24) is 4.98 Å². The maximum Gasteiger partial charge on any atom is 0.295 e.